The molecule has 2 rings (SSSR count). The highest BCUT2D eigenvalue weighted by molar-refractivity contribution is 5.89. The highest BCUT2D eigenvalue weighted by atomic mass is 19.2. The predicted molar refractivity (Wildman–Crippen MR) is 52.7 cm³/mol. The van der Waals surface area contributed by atoms with E-state index in [1.165, 1.54) is 0 Å². The lowest BCUT2D eigenvalue weighted by atomic mass is 10.1. The maximum absolute atomic E-state index is 13.3. The van der Waals surface area contributed by atoms with Gasteiger partial charge in [-0.3, -0.25) is 4.79 Å². The van der Waals surface area contributed by atoms with Gasteiger partial charge in [-0.15, -0.1) is 0 Å². The first kappa shape index (κ1) is 11.5. The Bertz CT molecular complexity index is 609. The van der Waals surface area contributed by atoms with E-state index in [2.05, 4.69) is 4.98 Å². The second-order valence-corrected chi connectivity index (χ2v) is 3.47. The van der Waals surface area contributed by atoms with Gasteiger partial charge in [0.25, 0.3) is 0 Å². The van der Waals surface area contributed by atoms with Crippen LogP contribution in [0.5, 0.6) is 0 Å². The number of benzene rings is 1. The summed E-state index contributed by atoms with van der Waals surface area (Å²) >= 11 is 0. The first-order valence-electron chi connectivity index (χ1n) is 4.56. The molecule has 0 radical (unpaired) electrons. The van der Waals surface area contributed by atoms with Crippen LogP contribution in [0.2, 0.25) is 0 Å². The van der Waals surface area contributed by atoms with E-state index in [-0.39, 0.29) is 16.5 Å². The number of halogens is 3. The van der Waals surface area contributed by atoms with E-state index in [1.807, 2.05) is 0 Å². The van der Waals surface area contributed by atoms with Crippen LogP contribution in [0.25, 0.3) is 10.9 Å². The Kier molecular flexibility index (Phi) is 2.55. The lowest BCUT2D eigenvalue weighted by Crippen LogP contribution is -2.20. The van der Waals surface area contributed by atoms with Crippen molar-refractivity contribution in [2.24, 2.45) is 5.73 Å². The molecule has 4 N–H and O–H groups in total. The van der Waals surface area contributed by atoms with Gasteiger partial charge in [0.1, 0.15) is 6.04 Å². The Hall–Kier alpha value is -2.02. The quantitative estimate of drug-likeness (QED) is 0.703. The van der Waals surface area contributed by atoms with E-state index in [0.29, 0.717) is 6.07 Å². The first-order valence-corrected chi connectivity index (χ1v) is 4.56. The fourth-order valence-corrected chi connectivity index (χ4v) is 1.58. The molecule has 0 fully saturated rings. The normalized spacial score (nSPS) is 12.9. The number of hydrogen-bond acceptors (Lipinski definition) is 2. The van der Waals surface area contributed by atoms with Gasteiger partial charge in [0.2, 0.25) is 0 Å². The van der Waals surface area contributed by atoms with Crippen LogP contribution in [0.15, 0.2) is 12.3 Å². The molecule has 0 spiro atoms. The Labute approximate surface area is 92.8 Å². The van der Waals surface area contributed by atoms with Crippen LogP contribution in [0.3, 0.4) is 0 Å². The molecule has 1 atom stereocenters. The zero-order valence-corrected chi connectivity index (χ0v) is 8.30. The number of carbonyl (C=O) groups is 1. The summed E-state index contributed by atoms with van der Waals surface area (Å²) in [6, 6.07) is -0.726. The van der Waals surface area contributed by atoms with Gasteiger partial charge < -0.3 is 15.8 Å². The number of aliphatic carboxylic acids is 1. The van der Waals surface area contributed by atoms with Crippen LogP contribution >= 0.6 is 0 Å². The average molecular weight is 244 g/mol. The third kappa shape index (κ3) is 1.64. The SMILES string of the molecule is NC(C(=O)O)c1c[nH]c2c(F)c(F)c(F)cc12. The molecule has 0 aliphatic rings. The molecule has 0 aliphatic heterocycles. The fraction of sp³-hybridized carbons (Fsp3) is 0.100. The van der Waals surface area contributed by atoms with Crippen LogP contribution in [0.4, 0.5) is 13.2 Å². The summed E-state index contributed by atoms with van der Waals surface area (Å²) in [6.45, 7) is 0. The van der Waals surface area contributed by atoms with Crippen molar-refractivity contribution in [2.75, 3.05) is 0 Å². The van der Waals surface area contributed by atoms with Crippen LogP contribution in [-0.4, -0.2) is 16.1 Å². The number of H-pyrrole nitrogens is 1. The monoisotopic (exact) mass is 244 g/mol. The van der Waals surface area contributed by atoms with E-state index < -0.39 is 29.5 Å². The number of aromatic nitrogens is 1. The van der Waals surface area contributed by atoms with Crippen molar-refractivity contribution in [3.05, 3.63) is 35.3 Å². The first-order chi connectivity index (χ1) is 7.93. The van der Waals surface area contributed by atoms with Crippen molar-refractivity contribution in [1.29, 1.82) is 0 Å². The topological polar surface area (TPSA) is 79.1 Å². The van der Waals surface area contributed by atoms with E-state index in [0.717, 1.165) is 6.20 Å². The highest BCUT2D eigenvalue weighted by Crippen LogP contribution is 2.28. The minimum absolute atomic E-state index is 0.00898. The molecule has 1 unspecified atom stereocenters. The zero-order chi connectivity index (χ0) is 12.7. The Morgan fingerprint density at radius 1 is 1.35 bits per heavy atom. The molecule has 7 heteroatoms. The molecule has 1 aromatic heterocycles. The summed E-state index contributed by atoms with van der Waals surface area (Å²) < 4.78 is 39.2. The summed E-state index contributed by atoms with van der Waals surface area (Å²) in [5.74, 6) is -5.76. The van der Waals surface area contributed by atoms with E-state index in [1.54, 1.807) is 0 Å². The number of fused-ring (bicyclic) bond motifs is 1. The Morgan fingerprint density at radius 2 is 2.00 bits per heavy atom. The lowest BCUT2D eigenvalue weighted by Gasteiger charge is -2.05. The molecule has 0 bridgehead atoms. The molecular formula is C10H7F3N2O2. The molecule has 4 nitrogen and oxygen atoms in total. The third-order valence-electron chi connectivity index (χ3n) is 2.45. The molecule has 0 amide bonds. The van der Waals surface area contributed by atoms with Gasteiger partial charge >= 0.3 is 5.97 Å². The molecule has 17 heavy (non-hydrogen) atoms. The standard InChI is InChI=1S/C10H7F3N2O2/c11-5-1-3-4(8(14)10(16)17)2-15-9(3)7(13)6(5)12/h1-2,8,15H,14H2,(H,16,17). The van der Waals surface area contributed by atoms with Crippen LogP contribution in [-0.2, 0) is 4.79 Å². The maximum atomic E-state index is 13.3. The number of carboxylic acids is 1. The second kappa shape index (κ2) is 3.77. The molecule has 0 saturated carbocycles. The van der Waals surface area contributed by atoms with Gasteiger partial charge in [0.15, 0.2) is 17.5 Å². The fourth-order valence-electron chi connectivity index (χ4n) is 1.58. The van der Waals surface area contributed by atoms with Gasteiger partial charge in [0.05, 0.1) is 5.52 Å². The van der Waals surface area contributed by atoms with Gasteiger partial charge in [-0.2, -0.15) is 0 Å². The van der Waals surface area contributed by atoms with Gasteiger partial charge in [-0.25, -0.2) is 13.2 Å². The summed E-state index contributed by atoms with van der Waals surface area (Å²) in [7, 11) is 0. The third-order valence-corrected chi connectivity index (χ3v) is 2.45. The van der Waals surface area contributed by atoms with Crippen LogP contribution in [0, 0.1) is 17.5 Å². The van der Waals surface area contributed by atoms with Gasteiger partial charge in [-0.05, 0) is 6.07 Å². The number of hydrogen-bond donors (Lipinski definition) is 3. The predicted octanol–water partition coefficient (Wildman–Crippen LogP) is 1.67. The van der Waals surface area contributed by atoms with Crippen LogP contribution < -0.4 is 5.73 Å². The number of aromatic amines is 1. The number of carboxylic acid groups (broad SMARTS) is 1. The molecule has 1 aromatic carbocycles. The maximum Gasteiger partial charge on any atom is 0.325 e. The van der Waals surface area contributed by atoms with Crippen molar-refractivity contribution in [3.63, 3.8) is 0 Å². The Morgan fingerprint density at radius 3 is 2.59 bits per heavy atom. The minimum atomic E-state index is -1.62. The van der Waals surface area contributed by atoms with Gasteiger partial charge in [0, 0.05) is 17.1 Å². The number of nitrogens with two attached hydrogens (primary N) is 1. The summed E-state index contributed by atoms with van der Waals surface area (Å²) in [6.07, 6.45) is 1.12. The van der Waals surface area contributed by atoms with Crippen molar-refractivity contribution >= 4 is 16.9 Å². The van der Waals surface area contributed by atoms with E-state index in [4.69, 9.17) is 10.8 Å². The van der Waals surface area contributed by atoms with Crippen molar-refractivity contribution in [3.8, 4) is 0 Å². The molecule has 0 aliphatic carbocycles. The molecule has 90 valence electrons. The summed E-state index contributed by atoms with van der Waals surface area (Å²) in [5, 5.41) is 8.62. The van der Waals surface area contributed by atoms with Crippen LogP contribution in [0.1, 0.15) is 11.6 Å². The number of nitrogens with one attached hydrogen (secondary N) is 1. The average Bonchev–Trinajstić information content (AvgIpc) is 2.68. The van der Waals surface area contributed by atoms with E-state index in [9.17, 15) is 18.0 Å². The molecule has 1 heterocycles. The Balaban J connectivity index is 2.74. The summed E-state index contributed by atoms with van der Waals surface area (Å²) in [4.78, 5) is 13.0. The molecular weight excluding hydrogens is 237 g/mol. The van der Waals surface area contributed by atoms with Crippen molar-refractivity contribution in [1.82, 2.24) is 4.98 Å². The molecule has 0 saturated heterocycles. The zero-order valence-electron chi connectivity index (χ0n) is 8.30. The highest BCUT2D eigenvalue weighted by Gasteiger charge is 2.22. The van der Waals surface area contributed by atoms with Crippen molar-refractivity contribution in [2.45, 2.75) is 6.04 Å². The van der Waals surface area contributed by atoms with Crippen molar-refractivity contribution < 1.29 is 23.1 Å². The second-order valence-electron chi connectivity index (χ2n) is 3.47. The smallest absolute Gasteiger partial charge is 0.325 e. The largest absolute Gasteiger partial charge is 0.480 e. The van der Waals surface area contributed by atoms with Gasteiger partial charge in [-0.1, -0.05) is 0 Å². The molecule has 2 aromatic rings. The van der Waals surface area contributed by atoms with E-state index >= 15 is 0 Å². The lowest BCUT2D eigenvalue weighted by molar-refractivity contribution is -0.138. The summed E-state index contributed by atoms with van der Waals surface area (Å²) in [5.41, 5.74) is 5.01. The number of rotatable bonds is 2. The minimum Gasteiger partial charge on any atom is -0.480 e.